The molecule has 0 atom stereocenters. The number of aliphatic hydroxyl groups is 1. The largest absolute Gasteiger partial charge is 0.466 e. The Balaban J connectivity index is 4.06. The first-order valence-electron chi connectivity index (χ1n) is 22.4. The molecular formula is C45H89NO5. The fraction of sp³-hybridized carbons (Fsp3) is 0.956. The van der Waals surface area contributed by atoms with Gasteiger partial charge in [0, 0.05) is 26.0 Å². The summed E-state index contributed by atoms with van der Waals surface area (Å²) in [7, 11) is 0. The molecule has 0 fully saturated rings. The summed E-state index contributed by atoms with van der Waals surface area (Å²) in [5, 5.41) is 9.43. The van der Waals surface area contributed by atoms with Crippen LogP contribution in [0.5, 0.6) is 0 Å². The fourth-order valence-corrected chi connectivity index (χ4v) is 7.20. The molecule has 0 unspecified atom stereocenters. The first-order valence-corrected chi connectivity index (χ1v) is 22.4. The molecule has 304 valence electrons. The van der Waals surface area contributed by atoms with Gasteiger partial charge in [-0.1, -0.05) is 150 Å². The smallest absolute Gasteiger partial charge is 0.305 e. The van der Waals surface area contributed by atoms with Crippen LogP contribution in [0.4, 0.5) is 0 Å². The zero-order valence-corrected chi connectivity index (χ0v) is 35.1. The molecule has 0 saturated heterocycles. The Morgan fingerprint density at radius 2 is 0.961 bits per heavy atom. The van der Waals surface area contributed by atoms with E-state index in [0.717, 1.165) is 77.4 Å². The minimum Gasteiger partial charge on any atom is -0.466 e. The molecule has 1 N–H and O–H groups in total. The molecule has 51 heavy (non-hydrogen) atoms. The Hall–Kier alpha value is -1.14. The molecule has 0 aliphatic heterocycles. The molecule has 0 radical (unpaired) electrons. The number of esters is 2. The van der Waals surface area contributed by atoms with E-state index in [9.17, 15) is 14.7 Å². The second-order valence-electron chi connectivity index (χ2n) is 16.5. The van der Waals surface area contributed by atoms with E-state index in [0.29, 0.717) is 32.0 Å². The first kappa shape index (κ1) is 49.9. The average Bonchev–Trinajstić information content (AvgIpc) is 3.11. The van der Waals surface area contributed by atoms with Crippen LogP contribution in [0.15, 0.2) is 0 Å². The highest BCUT2D eigenvalue weighted by molar-refractivity contribution is 5.69. The maximum atomic E-state index is 12.4. The van der Waals surface area contributed by atoms with Crippen molar-refractivity contribution in [3.8, 4) is 0 Å². The number of hydrogen-bond donors (Lipinski definition) is 1. The van der Waals surface area contributed by atoms with E-state index in [-0.39, 0.29) is 24.0 Å². The lowest BCUT2D eigenvalue weighted by molar-refractivity contribution is -0.145. The average molecular weight is 724 g/mol. The standard InChI is InChI=1S/C45H89NO5/c1-6-9-12-15-16-19-24-32-43(48)50-40-28-35-45(4,5)34-27-37-46(38-29-39-47)36-26-21-18-17-20-25-33-44(49)51-41-42(30-22-13-10-7-2)31-23-14-11-8-3/h42,47H,6-41H2,1-5H3. The second kappa shape index (κ2) is 37.2. The lowest BCUT2D eigenvalue weighted by Gasteiger charge is -2.27. The van der Waals surface area contributed by atoms with Crippen molar-refractivity contribution in [2.75, 3.05) is 39.5 Å². The molecule has 0 aromatic carbocycles. The van der Waals surface area contributed by atoms with Crippen molar-refractivity contribution in [2.45, 2.75) is 227 Å². The van der Waals surface area contributed by atoms with Gasteiger partial charge in [-0.05, 0) is 88.6 Å². The third-order valence-corrected chi connectivity index (χ3v) is 10.7. The molecule has 0 spiro atoms. The van der Waals surface area contributed by atoms with E-state index in [1.54, 1.807) is 0 Å². The molecule has 0 aromatic heterocycles. The van der Waals surface area contributed by atoms with Gasteiger partial charge in [-0.2, -0.15) is 0 Å². The van der Waals surface area contributed by atoms with Gasteiger partial charge in [0.05, 0.1) is 13.2 Å². The number of rotatable bonds is 40. The van der Waals surface area contributed by atoms with Gasteiger partial charge in [-0.25, -0.2) is 0 Å². The number of unbranched alkanes of at least 4 members (excludes halogenated alkanes) is 17. The number of nitrogens with zero attached hydrogens (tertiary/aromatic N) is 1. The Morgan fingerprint density at radius 1 is 0.529 bits per heavy atom. The predicted molar refractivity (Wildman–Crippen MR) is 218 cm³/mol. The first-order chi connectivity index (χ1) is 24.8. The van der Waals surface area contributed by atoms with Gasteiger partial charge in [0.2, 0.25) is 0 Å². The maximum Gasteiger partial charge on any atom is 0.305 e. The van der Waals surface area contributed by atoms with Gasteiger partial charge in [-0.15, -0.1) is 0 Å². The zero-order chi connectivity index (χ0) is 37.7. The summed E-state index contributed by atoms with van der Waals surface area (Å²) in [6, 6.07) is 0. The second-order valence-corrected chi connectivity index (χ2v) is 16.5. The highest BCUT2D eigenvalue weighted by Crippen LogP contribution is 2.28. The van der Waals surface area contributed by atoms with Crippen LogP contribution in [0.2, 0.25) is 0 Å². The quantitative estimate of drug-likeness (QED) is 0.0501. The summed E-state index contributed by atoms with van der Waals surface area (Å²) < 4.78 is 11.3. The van der Waals surface area contributed by atoms with E-state index in [2.05, 4.69) is 39.5 Å². The molecule has 0 aliphatic rings. The van der Waals surface area contributed by atoms with Crippen LogP contribution < -0.4 is 0 Å². The van der Waals surface area contributed by atoms with Gasteiger partial charge >= 0.3 is 11.9 Å². The lowest BCUT2D eigenvalue weighted by Crippen LogP contribution is -2.29. The number of ether oxygens (including phenoxy) is 2. The van der Waals surface area contributed by atoms with Crippen LogP contribution in [0.1, 0.15) is 227 Å². The molecule has 0 amide bonds. The maximum absolute atomic E-state index is 12.4. The third-order valence-electron chi connectivity index (χ3n) is 10.7. The van der Waals surface area contributed by atoms with Gasteiger partial charge in [-0.3, -0.25) is 9.59 Å². The van der Waals surface area contributed by atoms with Crippen LogP contribution in [0.25, 0.3) is 0 Å². The van der Waals surface area contributed by atoms with Crippen molar-refractivity contribution >= 4 is 11.9 Å². The van der Waals surface area contributed by atoms with Crippen LogP contribution in [-0.4, -0.2) is 61.4 Å². The van der Waals surface area contributed by atoms with E-state index in [1.165, 1.54) is 122 Å². The van der Waals surface area contributed by atoms with Crippen molar-refractivity contribution < 1.29 is 24.2 Å². The summed E-state index contributed by atoms with van der Waals surface area (Å²) in [6.45, 7) is 16.0. The Bertz CT molecular complexity index is 745. The Morgan fingerprint density at radius 3 is 1.51 bits per heavy atom. The molecular weight excluding hydrogens is 634 g/mol. The number of carbonyl (C=O) groups is 2. The number of aliphatic hydroxyl groups excluding tert-OH is 1. The minimum absolute atomic E-state index is 0.00216. The molecule has 0 saturated carbocycles. The Labute approximate surface area is 318 Å². The van der Waals surface area contributed by atoms with Crippen molar-refractivity contribution in [2.24, 2.45) is 11.3 Å². The van der Waals surface area contributed by atoms with E-state index in [4.69, 9.17) is 9.47 Å². The summed E-state index contributed by atoms with van der Waals surface area (Å²) in [4.78, 5) is 27.1. The van der Waals surface area contributed by atoms with E-state index < -0.39 is 0 Å². The SMILES string of the molecule is CCCCCCCCCC(=O)OCCCC(C)(C)CCCN(CCCO)CCCCCCCCC(=O)OCC(CCCCCC)CCCCCC. The van der Waals surface area contributed by atoms with Crippen LogP contribution in [-0.2, 0) is 19.1 Å². The molecule has 0 aromatic rings. The molecule has 0 heterocycles. The van der Waals surface area contributed by atoms with E-state index >= 15 is 0 Å². The predicted octanol–water partition coefficient (Wildman–Crippen LogP) is 12.8. The molecule has 0 rings (SSSR count). The minimum atomic E-state index is -0.0268. The van der Waals surface area contributed by atoms with Crippen molar-refractivity contribution in [1.29, 1.82) is 0 Å². The molecule has 0 bridgehead atoms. The summed E-state index contributed by atoms with van der Waals surface area (Å²) in [5.41, 5.74) is 0.240. The van der Waals surface area contributed by atoms with Crippen LogP contribution in [0.3, 0.4) is 0 Å². The molecule has 6 heteroatoms. The zero-order valence-electron chi connectivity index (χ0n) is 35.1. The summed E-state index contributed by atoms with van der Waals surface area (Å²) in [6.07, 6.45) is 34.4. The van der Waals surface area contributed by atoms with Crippen LogP contribution in [0, 0.1) is 11.3 Å². The Kier molecular flexibility index (Phi) is 36.4. The van der Waals surface area contributed by atoms with Gasteiger partial charge in [0.15, 0.2) is 0 Å². The van der Waals surface area contributed by atoms with Crippen molar-refractivity contribution in [3.63, 3.8) is 0 Å². The molecule has 6 nitrogen and oxygen atoms in total. The fourth-order valence-electron chi connectivity index (χ4n) is 7.20. The van der Waals surface area contributed by atoms with Crippen molar-refractivity contribution in [3.05, 3.63) is 0 Å². The van der Waals surface area contributed by atoms with Gasteiger partial charge in [0.25, 0.3) is 0 Å². The summed E-state index contributed by atoms with van der Waals surface area (Å²) >= 11 is 0. The van der Waals surface area contributed by atoms with Crippen molar-refractivity contribution in [1.82, 2.24) is 4.90 Å². The topological polar surface area (TPSA) is 76.1 Å². The number of hydrogen-bond acceptors (Lipinski definition) is 6. The van der Waals surface area contributed by atoms with Gasteiger partial charge in [0.1, 0.15) is 0 Å². The normalized spacial score (nSPS) is 11.9. The lowest BCUT2D eigenvalue weighted by atomic mass is 9.83. The number of carbonyl (C=O) groups excluding carboxylic acids is 2. The highest BCUT2D eigenvalue weighted by Gasteiger charge is 2.18. The monoisotopic (exact) mass is 724 g/mol. The molecule has 0 aliphatic carbocycles. The van der Waals surface area contributed by atoms with Crippen LogP contribution >= 0.6 is 0 Å². The van der Waals surface area contributed by atoms with Gasteiger partial charge < -0.3 is 19.5 Å². The summed E-state index contributed by atoms with van der Waals surface area (Å²) in [5.74, 6) is 0.515. The highest BCUT2D eigenvalue weighted by atomic mass is 16.5. The van der Waals surface area contributed by atoms with E-state index in [1.807, 2.05) is 0 Å². The third kappa shape index (κ3) is 35.6.